The van der Waals surface area contributed by atoms with Crippen molar-refractivity contribution in [1.29, 1.82) is 0 Å². The fraction of sp³-hybridized carbons (Fsp3) is 0.176. The van der Waals surface area contributed by atoms with Gasteiger partial charge in [0.05, 0.1) is 26.9 Å². The summed E-state index contributed by atoms with van der Waals surface area (Å²) in [6.07, 6.45) is 0. The van der Waals surface area contributed by atoms with Crippen molar-refractivity contribution in [3.05, 3.63) is 49.6 Å². The number of benzene rings is 1. The van der Waals surface area contributed by atoms with E-state index in [1.165, 1.54) is 22.7 Å². The van der Waals surface area contributed by atoms with Gasteiger partial charge in [-0.3, -0.25) is 0 Å². The zero-order chi connectivity index (χ0) is 21.3. The van der Waals surface area contributed by atoms with Crippen LogP contribution >= 0.6 is 45.9 Å². The summed E-state index contributed by atoms with van der Waals surface area (Å²) in [6, 6.07) is 3.80. The second kappa shape index (κ2) is 8.58. The summed E-state index contributed by atoms with van der Waals surface area (Å²) >= 11 is 14.4. The van der Waals surface area contributed by atoms with E-state index >= 15 is 0 Å². The number of nitrogens with one attached hydrogen (secondary N) is 1. The van der Waals surface area contributed by atoms with Gasteiger partial charge in [0.15, 0.2) is 0 Å². The summed E-state index contributed by atoms with van der Waals surface area (Å²) in [4.78, 5) is 23.4. The van der Waals surface area contributed by atoms with Gasteiger partial charge in [0.1, 0.15) is 9.77 Å². The average molecular weight is 494 g/mol. The van der Waals surface area contributed by atoms with Crippen molar-refractivity contribution >= 4 is 77.2 Å². The SMILES string of the molecule is CCOC(=O)c1sc2ccsc2c1CNS(=O)(=O)c1cc(C(=O)O)c(Cl)cc1Cl. The molecular formula is C17H13Cl2NO6S3. The standard InChI is InChI=1S/C17H13Cl2NO6S3/c1-2-26-17(23)15-9(14-12(28-15)3-4-27-14)7-20-29(24,25)13-5-8(16(21)22)10(18)6-11(13)19/h3-6,20H,2,7H2,1H3,(H,21,22). The molecule has 0 fully saturated rings. The average Bonchev–Trinajstić information content (AvgIpc) is 3.21. The Kier molecular flexibility index (Phi) is 6.51. The van der Waals surface area contributed by atoms with Crippen LogP contribution in [0.25, 0.3) is 9.40 Å². The molecule has 0 unspecified atom stereocenters. The lowest BCUT2D eigenvalue weighted by Gasteiger charge is -2.11. The number of halogens is 2. The number of hydrogen-bond acceptors (Lipinski definition) is 7. The molecule has 0 amide bonds. The first-order valence-corrected chi connectivity index (χ1v) is 12.0. The van der Waals surface area contributed by atoms with Crippen molar-refractivity contribution in [3.63, 3.8) is 0 Å². The Morgan fingerprint density at radius 2 is 1.97 bits per heavy atom. The van der Waals surface area contributed by atoms with Crippen LogP contribution in [0.15, 0.2) is 28.5 Å². The smallest absolute Gasteiger partial charge is 0.348 e. The molecule has 0 aliphatic rings. The van der Waals surface area contributed by atoms with Gasteiger partial charge < -0.3 is 9.84 Å². The van der Waals surface area contributed by atoms with Gasteiger partial charge in [-0.15, -0.1) is 22.7 Å². The Morgan fingerprint density at radius 1 is 1.24 bits per heavy atom. The molecule has 2 N–H and O–H groups in total. The number of esters is 1. The third-order valence-corrected chi connectivity index (χ3v) is 8.29. The molecule has 0 spiro atoms. The van der Waals surface area contributed by atoms with Crippen LogP contribution in [-0.2, 0) is 21.3 Å². The number of aromatic carboxylic acids is 1. The highest BCUT2D eigenvalue weighted by Crippen LogP contribution is 2.36. The molecule has 0 radical (unpaired) electrons. The summed E-state index contributed by atoms with van der Waals surface area (Å²) in [5.74, 6) is -1.92. The third kappa shape index (κ3) is 4.42. The summed E-state index contributed by atoms with van der Waals surface area (Å²) in [7, 11) is -4.19. The van der Waals surface area contributed by atoms with E-state index < -0.39 is 26.9 Å². The lowest BCUT2D eigenvalue weighted by Crippen LogP contribution is -2.24. The highest BCUT2D eigenvalue weighted by molar-refractivity contribution is 7.89. The maximum absolute atomic E-state index is 12.8. The number of rotatable bonds is 7. The fourth-order valence-electron chi connectivity index (χ4n) is 2.54. The Bertz CT molecular complexity index is 1220. The van der Waals surface area contributed by atoms with E-state index in [9.17, 15) is 23.1 Å². The number of carboxylic acid groups (broad SMARTS) is 1. The first-order valence-electron chi connectivity index (χ1n) is 8.03. The molecule has 0 aliphatic heterocycles. The lowest BCUT2D eigenvalue weighted by atomic mass is 10.2. The minimum atomic E-state index is -4.19. The summed E-state index contributed by atoms with van der Waals surface area (Å²) < 4.78 is 34.6. The van der Waals surface area contributed by atoms with Gasteiger partial charge in [0.25, 0.3) is 0 Å². The molecule has 3 rings (SSSR count). The van der Waals surface area contributed by atoms with Crippen LogP contribution in [-0.4, -0.2) is 32.1 Å². The van der Waals surface area contributed by atoms with Gasteiger partial charge in [-0.25, -0.2) is 22.7 Å². The van der Waals surface area contributed by atoms with Crippen LogP contribution in [0.2, 0.25) is 10.0 Å². The van der Waals surface area contributed by atoms with Crippen molar-refractivity contribution in [1.82, 2.24) is 4.72 Å². The van der Waals surface area contributed by atoms with Crippen molar-refractivity contribution in [2.24, 2.45) is 0 Å². The van der Waals surface area contributed by atoms with Crippen LogP contribution in [0.1, 0.15) is 32.5 Å². The maximum Gasteiger partial charge on any atom is 0.348 e. The van der Waals surface area contributed by atoms with Crippen LogP contribution < -0.4 is 4.72 Å². The number of sulfonamides is 1. The molecule has 2 heterocycles. The molecule has 3 aromatic rings. The topological polar surface area (TPSA) is 110 Å². The van der Waals surface area contributed by atoms with Crippen molar-refractivity contribution in [3.8, 4) is 0 Å². The van der Waals surface area contributed by atoms with E-state index in [0.717, 1.165) is 21.5 Å². The number of fused-ring (bicyclic) bond motifs is 1. The van der Waals surface area contributed by atoms with E-state index in [-0.39, 0.29) is 28.8 Å². The normalized spacial score (nSPS) is 11.7. The number of ether oxygens (including phenoxy) is 1. The Hall–Kier alpha value is -1.69. The van der Waals surface area contributed by atoms with Crippen LogP contribution in [0.5, 0.6) is 0 Å². The molecule has 1 aromatic carbocycles. The quantitative estimate of drug-likeness (QED) is 0.464. The second-order valence-corrected chi connectivity index (χ2v) is 10.2. The van der Waals surface area contributed by atoms with Crippen molar-refractivity contribution in [2.45, 2.75) is 18.4 Å². The molecule has 0 saturated carbocycles. The predicted octanol–water partition coefficient (Wildman–Crippen LogP) is 4.62. The fourth-order valence-corrected chi connectivity index (χ4v) is 6.66. The Morgan fingerprint density at radius 3 is 2.62 bits per heavy atom. The molecule has 0 saturated heterocycles. The number of hydrogen-bond donors (Lipinski definition) is 2. The third-order valence-electron chi connectivity index (χ3n) is 3.83. The minimum Gasteiger partial charge on any atom is -0.478 e. The summed E-state index contributed by atoms with van der Waals surface area (Å²) in [5, 5.41) is 10.6. The molecule has 0 atom stereocenters. The van der Waals surface area contributed by atoms with Gasteiger partial charge in [-0.05, 0) is 30.5 Å². The van der Waals surface area contributed by atoms with Gasteiger partial charge >= 0.3 is 11.9 Å². The molecule has 12 heteroatoms. The highest BCUT2D eigenvalue weighted by Gasteiger charge is 2.25. The van der Waals surface area contributed by atoms with Crippen LogP contribution in [0.3, 0.4) is 0 Å². The predicted molar refractivity (Wildman–Crippen MR) is 113 cm³/mol. The van der Waals surface area contributed by atoms with Crippen LogP contribution in [0, 0.1) is 0 Å². The van der Waals surface area contributed by atoms with Crippen LogP contribution in [0.4, 0.5) is 0 Å². The van der Waals surface area contributed by atoms with Gasteiger partial charge in [0, 0.05) is 16.8 Å². The first kappa shape index (κ1) is 22.0. The zero-order valence-electron chi connectivity index (χ0n) is 14.7. The number of carboxylic acids is 1. The largest absolute Gasteiger partial charge is 0.478 e. The molecule has 29 heavy (non-hydrogen) atoms. The van der Waals surface area contributed by atoms with Gasteiger partial charge in [-0.2, -0.15) is 0 Å². The monoisotopic (exact) mass is 493 g/mol. The Balaban J connectivity index is 1.97. The lowest BCUT2D eigenvalue weighted by molar-refractivity contribution is 0.0530. The maximum atomic E-state index is 12.8. The van der Waals surface area contributed by atoms with E-state index in [0.29, 0.717) is 10.4 Å². The van der Waals surface area contributed by atoms with Gasteiger partial charge in [0.2, 0.25) is 10.0 Å². The Labute approximate surface area is 183 Å². The first-order chi connectivity index (χ1) is 13.7. The summed E-state index contributed by atoms with van der Waals surface area (Å²) in [6.45, 7) is 1.67. The van der Waals surface area contributed by atoms with Gasteiger partial charge in [-0.1, -0.05) is 23.2 Å². The number of thiophene rings is 2. The van der Waals surface area contributed by atoms with Crippen molar-refractivity contribution < 1.29 is 27.9 Å². The van der Waals surface area contributed by atoms with E-state index in [1.54, 1.807) is 6.92 Å². The minimum absolute atomic E-state index is 0.177. The molecule has 0 aliphatic carbocycles. The molecular weight excluding hydrogens is 481 g/mol. The summed E-state index contributed by atoms with van der Waals surface area (Å²) in [5.41, 5.74) is 0.102. The zero-order valence-corrected chi connectivity index (χ0v) is 18.7. The number of carbonyl (C=O) groups excluding carboxylic acids is 1. The van der Waals surface area contributed by atoms with E-state index in [2.05, 4.69) is 4.72 Å². The second-order valence-electron chi connectivity index (χ2n) is 5.64. The molecule has 0 bridgehead atoms. The molecule has 2 aromatic heterocycles. The van der Waals surface area contributed by atoms with Crippen molar-refractivity contribution in [2.75, 3.05) is 6.61 Å². The molecule has 7 nitrogen and oxygen atoms in total. The van der Waals surface area contributed by atoms with E-state index in [4.69, 9.17) is 27.9 Å². The highest BCUT2D eigenvalue weighted by atomic mass is 35.5. The van der Waals surface area contributed by atoms with E-state index in [1.807, 2.05) is 11.4 Å². The molecule has 154 valence electrons. The number of carbonyl (C=O) groups is 2.